The smallest absolute Gasteiger partial charge is 0.271 e. The standard InChI is InChI=1S/C31H24F2N2O6S/c1-17-22(15-16-25(33)34-17)18-9-13-21(14-10-18)42(38,39)30-29(36)27(26-23(40-2)5-4-6-24(26)41-3)28(35-31(30)37)19-7-11-20(32)12-8-19/h4-16H,1-3H3,(H2,35,36,37). The van der Waals surface area contributed by atoms with Crippen LogP contribution in [0.1, 0.15) is 5.69 Å². The lowest BCUT2D eigenvalue weighted by molar-refractivity contribution is 0.396. The molecule has 0 fully saturated rings. The number of ether oxygens (including phenoxy) is 2. The zero-order valence-corrected chi connectivity index (χ0v) is 23.4. The molecule has 8 nitrogen and oxygen atoms in total. The fourth-order valence-corrected chi connectivity index (χ4v) is 6.14. The number of halogens is 2. The Bertz CT molecular complexity index is 1950. The second-order valence-corrected chi connectivity index (χ2v) is 11.1. The minimum atomic E-state index is -4.60. The Morgan fingerprint density at radius 2 is 1.40 bits per heavy atom. The average molecular weight is 591 g/mol. The number of sulfone groups is 1. The lowest BCUT2D eigenvalue weighted by Crippen LogP contribution is -2.20. The van der Waals surface area contributed by atoms with Gasteiger partial charge in [0.25, 0.3) is 5.56 Å². The lowest BCUT2D eigenvalue weighted by atomic mass is 9.96. The fraction of sp³-hybridized carbons (Fsp3) is 0.0968. The van der Waals surface area contributed by atoms with Crippen molar-refractivity contribution in [3.8, 4) is 50.8 Å². The van der Waals surface area contributed by atoms with E-state index in [1.54, 1.807) is 25.1 Å². The van der Waals surface area contributed by atoms with Crippen LogP contribution in [-0.4, -0.2) is 37.7 Å². The molecule has 2 N–H and O–H groups in total. The van der Waals surface area contributed by atoms with Gasteiger partial charge in [0.1, 0.15) is 17.3 Å². The van der Waals surface area contributed by atoms with E-state index in [1.807, 2.05) is 0 Å². The van der Waals surface area contributed by atoms with E-state index in [0.29, 0.717) is 22.4 Å². The summed E-state index contributed by atoms with van der Waals surface area (Å²) in [7, 11) is -1.83. The van der Waals surface area contributed by atoms with Crippen LogP contribution in [0.4, 0.5) is 8.78 Å². The molecular formula is C31H24F2N2O6S. The number of methoxy groups -OCH3 is 2. The first-order valence-corrected chi connectivity index (χ1v) is 14.0. The molecule has 11 heteroatoms. The van der Waals surface area contributed by atoms with Gasteiger partial charge in [0.2, 0.25) is 15.8 Å². The Hall–Kier alpha value is -5.03. The minimum Gasteiger partial charge on any atom is -0.506 e. The number of nitrogens with zero attached hydrogens (tertiary/aromatic N) is 1. The third kappa shape index (κ3) is 4.99. The molecule has 214 valence electrons. The van der Waals surface area contributed by atoms with Gasteiger partial charge in [-0.05, 0) is 78.7 Å². The number of aryl methyl sites for hydroxylation is 1. The summed E-state index contributed by atoms with van der Waals surface area (Å²) >= 11 is 0. The summed E-state index contributed by atoms with van der Waals surface area (Å²) < 4.78 is 65.9. The summed E-state index contributed by atoms with van der Waals surface area (Å²) in [6, 6.07) is 18.2. The SMILES string of the molecule is COc1cccc(OC)c1-c1c(-c2ccc(F)cc2)[nH]c(=O)c(S(=O)(=O)c2ccc(-c3ccc(F)nc3C)cc2)c1O. The minimum absolute atomic E-state index is 0.0221. The van der Waals surface area contributed by atoms with E-state index in [9.17, 15) is 27.1 Å². The van der Waals surface area contributed by atoms with Crippen LogP contribution >= 0.6 is 0 Å². The van der Waals surface area contributed by atoms with Crippen molar-refractivity contribution < 1.29 is 31.8 Å². The third-order valence-corrected chi connectivity index (χ3v) is 8.56. The molecule has 0 aliphatic rings. The molecule has 0 radical (unpaired) electrons. The van der Waals surface area contributed by atoms with Gasteiger partial charge in [0, 0.05) is 11.3 Å². The molecule has 3 aromatic carbocycles. The predicted octanol–water partition coefficient (Wildman–Crippen LogP) is 5.91. The summed E-state index contributed by atoms with van der Waals surface area (Å²) in [5, 5.41) is 11.6. The molecule has 0 bridgehead atoms. The van der Waals surface area contributed by atoms with Gasteiger partial charge < -0.3 is 19.6 Å². The molecular weight excluding hydrogens is 566 g/mol. The third-order valence-electron chi connectivity index (χ3n) is 6.75. The van der Waals surface area contributed by atoms with E-state index < -0.39 is 37.8 Å². The molecule has 5 aromatic rings. The van der Waals surface area contributed by atoms with Crippen LogP contribution in [-0.2, 0) is 9.84 Å². The van der Waals surface area contributed by atoms with E-state index in [0.717, 1.165) is 0 Å². The summed E-state index contributed by atoms with van der Waals surface area (Å²) in [5.41, 5.74) is 0.870. The first-order valence-electron chi connectivity index (χ1n) is 12.5. The highest BCUT2D eigenvalue weighted by atomic mass is 32.2. The monoisotopic (exact) mass is 590 g/mol. The fourth-order valence-electron chi connectivity index (χ4n) is 4.76. The zero-order chi connectivity index (χ0) is 30.2. The zero-order valence-electron chi connectivity index (χ0n) is 22.6. The number of aromatic hydroxyl groups is 1. The first-order chi connectivity index (χ1) is 20.1. The number of H-pyrrole nitrogens is 1. The maximum atomic E-state index is 13.9. The molecule has 0 spiro atoms. The molecule has 2 heterocycles. The summed E-state index contributed by atoms with van der Waals surface area (Å²) in [6.45, 7) is 1.62. The van der Waals surface area contributed by atoms with E-state index in [-0.39, 0.29) is 33.2 Å². The predicted molar refractivity (Wildman–Crippen MR) is 152 cm³/mol. The van der Waals surface area contributed by atoms with Crippen molar-refractivity contribution >= 4 is 9.84 Å². The van der Waals surface area contributed by atoms with Crippen LogP contribution < -0.4 is 15.0 Å². The van der Waals surface area contributed by atoms with Gasteiger partial charge in [-0.15, -0.1) is 0 Å². The molecule has 0 atom stereocenters. The van der Waals surface area contributed by atoms with Gasteiger partial charge in [-0.3, -0.25) is 4.79 Å². The van der Waals surface area contributed by atoms with Crippen LogP contribution in [0.5, 0.6) is 17.2 Å². The largest absolute Gasteiger partial charge is 0.506 e. The normalized spacial score (nSPS) is 11.4. The van der Waals surface area contributed by atoms with Gasteiger partial charge in [-0.2, -0.15) is 4.39 Å². The van der Waals surface area contributed by atoms with Gasteiger partial charge in [-0.1, -0.05) is 18.2 Å². The van der Waals surface area contributed by atoms with E-state index in [1.165, 1.54) is 74.9 Å². The van der Waals surface area contributed by atoms with Gasteiger partial charge >= 0.3 is 0 Å². The summed E-state index contributed by atoms with van der Waals surface area (Å²) in [4.78, 5) is 18.6. The number of hydrogen-bond acceptors (Lipinski definition) is 7. The Labute approximate surface area is 239 Å². The second kappa shape index (κ2) is 11.1. The highest BCUT2D eigenvalue weighted by Crippen LogP contribution is 2.48. The Balaban J connectivity index is 1.75. The molecule has 0 saturated heterocycles. The van der Waals surface area contributed by atoms with E-state index in [2.05, 4.69) is 9.97 Å². The van der Waals surface area contributed by atoms with Crippen LogP contribution in [0.15, 0.2) is 93.4 Å². The summed E-state index contributed by atoms with van der Waals surface area (Å²) in [5.74, 6) is -1.58. The number of rotatable bonds is 7. The van der Waals surface area contributed by atoms with Crippen molar-refractivity contribution in [1.82, 2.24) is 9.97 Å². The average Bonchev–Trinajstić information content (AvgIpc) is 2.97. The van der Waals surface area contributed by atoms with E-state index >= 15 is 0 Å². The Kier molecular flexibility index (Phi) is 7.53. The molecule has 0 aliphatic heterocycles. The molecule has 5 rings (SSSR count). The first kappa shape index (κ1) is 28.5. The van der Waals surface area contributed by atoms with Gasteiger partial charge in [-0.25, -0.2) is 17.8 Å². The van der Waals surface area contributed by atoms with Gasteiger partial charge in [0.05, 0.1) is 35.9 Å². The van der Waals surface area contributed by atoms with Gasteiger partial charge in [0.15, 0.2) is 10.6 Å². The molecule has 2 aromatic heterocycles. The lowest BCUT2D eigenvalue weighted by Gasteiger charge is -2.19. The highest BCUT2D eigenvalue weighted by molar-refractivity contribution is 7.91. The molecule has 0 amide bonds. The Morgan fingerprint density at radius 1 is 0.810 bits per heavy atom. The summed E-state index contributed by atoms with van der Waals surface area (Å²) in [6.07, 6.45) is 0. The maximum absolute atomic E-state index is 13.9. The van der Waals surface area contributed by atoms with Crippen LogP contribution in [0, 0.1) is 18.7 Å². The highest BCUT2D eigenvalue weighted by Gasteiger charge is 2.32. The molecule has 0 aliphatic carbocycles. The van der Waals surface area contributed by atoms with Crippen molar-refractivity contribution in [2.75, 3.05) is 14.2 Å². The molecule has 0 saturated carbocycles. The number of aromatic amines is 1. The number of nitrogens with one attached hydrogen (secondary N) is 1. The van der Waals surface area contributed by atoms with Crippen molar-refractivity contribution in [3.05, 3.63) is 107 Å². The van der Waals surface area contributed by atoms with E-state index in [4.69, 9.17) is 9.47 Å². The number of pyridine rings is 2. The van der Waals surface area contributed by atoms with Crippen LogP contribution in [0.25, 0.3) is 33.5 Å². The van der Waals surface area contributed by atoms with Crippen LogP contribution in [0.3, 0.4) is 0 Å². The maximum Gasteiger partial charge on any atom is 0.271 e. The van der Waals surface area contributed by atoms with Crippen molar-refractivity contribution in [3.63, 3.8) is 0 Å². The Morgan fingerprint density at radius 3 is 1.98 bits per heavy atom. The second-order valence-electron chi connectivity index (χ2n) is 9.22. The number of hydrogen-bond donors (Lipinski definition) is 2. The number of benzene rings is 3. The van der Waals surface area contributed by atoms with Crippen molar-refractivity contribution in [1.29, 1.82) is 0 Å². The number of aromatic nitrogens is 2. The van der Waals surface area contributed by atoms with Crippen molar-refractivity contribution in [2.24, 2.45) is 0 Å². The topological polar surface area (TPSA) is 119 Å². The quantitative estimate of drug-likeness (QED) is 0.226. The molecule has 0 unspecified atom stereocenters. The molecule has 42 heavy (non-hydrogen) atoms. The van der Waals surface area contributed by atoms with Crippen LogP contribution in [0.2, 0.25) is 0 Å². The van der Waals surface area contributed by atoms with Crippen molar-refractivity contribution in [2.45, 2.75) is 16.7 Å².